The Morgan fingerprint density at radius 1 is 1.45 bits per heavy atom. The fraction of sp³-hybridized carbons (Fsp3) is 0.412. The zero-order valence-electron chi connectivity index (χ0n) is 13.1. The summed E-state index contributed by atoms with van der Waals surface area (Å²) in [5, 5.41) is 0.154. The lowest BCUT2D eigenvalue weighted by Crippen LogP contribution is -2.36. The summed E-state index contributed by atoms with van der Waals surface area (Å²) in [6.45, 7) is 7.24. The summed E-state index contributed by atoms with van der Waals surface area (Å²) in [5.41, 5.74) is 9.55. The Labute approximate surface area is 135 Å². The minimum atomic E-state index is -0.552. The van der Waals surface area contributed by atoms with Gasteiger partial charge in [-0.2, -0.15) is 0 Å². The van der Waals surface area contributed by atoms with Gasteiger partial charge in [-0.1, -0.05) is 44.5 Å². The number of benzene rings is 1. The number of halogens is 1. The second-order valence-electron chi connectivity index (χ2n) is 6.65. The molecule has 1 aromatic rings. The zero-order chi connectivity index (χ0) is 16.1. The van der Waals surface area contributed by atoms with Crippen molar-refractivity contribution in [3.8, 4) is 0 Å². The lowest BCUT2D eigenvalue weighted by atomic mass is 9.86. The third kappa shape index (κ3) is 2.22. The molecule has 22 heavy (non-hydrogen) atoms. The van der Waals surface area contributed by atoms with E-state index in [2.05, 4.69) is 31.8 Å². The maximum absolute atomic E-state index is 11.8. The monoisotopic (exact) mass is 317 g/mol. The number of nitrogens with two attached hydrogens (primary N) is 1. The lowest BCUT2D eigenvalue weighted by molar-refractivity contribution is -0.114. The molecule has 1 heterocycles. The van der Waals surface area contributed by atoms with Crippen LogP contribution in [0.25, 0.3) is 0 Å². The van der Waals surface area contributed by atoms with Gasteiger partial charge in [-0.3, -0.25) is 4.79 Å². The molecule has 0 spiro atoms. The average molecular weight is 318 g/mol. The molecule has 1 atom stereocenters. The predicted octanol–water partition coefficient (Wildman–Crippen LogP) is 3.26. The third-order valence-electron chi connectivity index (χ3n) is 4.58. The maximum atomic E-state index is 11.8. The van der Waals surface area contributed by atoms with Gasteiger partial charge >= 0.3 is 0 Å². The van der Waals surface area contributed by atoms with Gasteiger partial charge in [0.15, 0.2) is 5.16 Å². The summed E-state index contributed by atoms with van der Waals surface area (Å²) in [6, 6.07) is 6.24. The smallest absolute Gasteiger partial charge is 0.268 e. The second-order valence-corrected chi connectivity index (χ2v) is 7.01. The Morgan fingerprint density at radius 2 is 2.18 bits per heavy atom. The normalized spacial score (nSPS) is 22.9. The van der Waals surface area contributed by atoms with Crippen LogP contribution < -0.4 is 10.6 Å². The molecule has 1 aliphatic heterocycles. The third-order valence-corrected chi connectivity index (χ3v) is 4.86. The molecule has 3 rings (SSSR count). The summed E-state index contributed by atoms with van der Waals surface area (Å²) in [7, 11) is 0. The van der Waals surface area contributed by atoms with Crippen molar-refractivity contribution in [2.45, 2.75) is 38.5 Å². The van der Waals surface area contributed by atoms with E-state index in [0.717, 1.165) is 12.1 Å². The Kier molecular flexibility index (Phi) is 3.52. The highest BCUT2D eigenvalue weighted by atomic mass is 35.5. The van der Waals surface area contributed by atoms with Crippen LogP contribution in [0.5, 0.6) is 0 Å². The molecule has 0 bridgehead atoms. The van der Waals surface area contributed by atoms with Crippen LogP contribution in [0.15, 0.2) is 34.0 Å². The predicted molar refractivity (Wildman–Crippen MR) is 90.4 cm³/mol. The first-order valence-electron chi connectivity index (χ1n) is 7.46. The second kappa shape index (κ2) is 5.13. The van der Waals surface area contributed by atoms with Crippen molar-refractivity contribution < 1.29 is 4.79 Å². The fourth-order valence-electron chi connectivity index (χ4n) is 3.79. The summed E-state index contributed by atoms with van der Waals surface area (Å²) in [5.74, 6) is -0.127. The quantitative estimate of drug-likeness (QED) is 0.851. The van der Waals surface area contributed by atoms with Crippen LogP contribution in [0.2, 0.25) is 0 Å². The van der Waals surface area contributed by atoms with Gasteiger partial charge in [0.2, 0.25) is 0 Å². The molecule has 2 aliphatic rings. The number of aliphatic imine (C=N–C) groups is 1. The van der Waals surface area contributed by atoms with Gasteiger partial charge in [0.25, 0.3) is 5.91 Å². The van der Waals surface area contributed by atoms with Gasteiger partial charge in [0.05, 0.1) is 6.54 Å². The van der Waals surface area contributed by atoms with Crippen LogP contribution in [0, 0.1) is 0 Å². The Morgan fingerprint density at radius 3 is 2.86 bits per heavy atom. The standard InChI is InChI=1S/C17H20ClN3O/c1-10-9-17(2,3)11-5-4-6-12(13(10)11)21-8-7-20-15(18)14(21)16(19)22/h4-7,10H,8-9H2,1-3H3,(H2,19,22). The van der Waals surface area contributed by atoms with Crippen molar-refractivity contribution in [2.75, 3.05) is 11.4 Å². The van der Waals surface area contributed by atoms with Crippen molar-refractivity contribution >= 4 is 29.4 Å². The summed E-state index contributed by atoms with van der Waals surface area (Å²) < 4.78 is 0. The number of hydrogen-bond donors (Lipinski definition) is 1. The summed E-state index contributed by atoms with van der Waals surface area (Å²) in [4.78, 5) is 17.7. The fourth-order valence-corrected chi connectivity index (χ4v) is 4.06. The molecule has 1 amide bonds. The van der Waals surface area contributed by atoms with Gasteiger partial charge in [-0.15, -0.1) is 0 Å². The average Bonchev–Trinajstić information content (AvgIpc) is 2.68. The van der Waals surface area contributed by atoms with Crippen molar-refractivity contribution in [3.05, 3.63) is 40.2 Å². The molecule has 1 aromatic carbocycles. The van der Waals surface area contributed by atoms with Gasteiger partial charge < -0.3 is 10.6 Å². The van der Waals surface area contributed by atoms with Gasteiger partial charge in [-0.25, -0.2) is 4.99 Å². The van der Waals surface area contributed by atoms with E-state index in [1.807, 2.05) is 17.0 Å². The Bertz CT molecular complexity index is 706. The van der Waals surface area contributed by atoms with E-state index in [-0.39, 0.29) is 16.3 Å². The van der Waals surface area contributed by atoms with Gasteiger partial charge in [-0.05, 0) is 34.9 Å². The Hall–Kier alpha value is -1.81. The minimum absolute atomic E-state index is 0.134. The largest absolute Gasteiger partial charge is 0.364 e. The van der Waals surface area contributed by atoms with E-state index in [1.54, 1.807) is 6.21 Å². The highest BCUT2D eigenvalue weighted by Crippen LogP contribution is 2.49. The molecule has 1 aliphatic carbocycles. The highest BCUT2D eigenvalue weighted by molar-refractivity contribution is 6.32. The van der Waals surface area contributed by atoms with E-state index in [1.165, 1.54) is 11.1 Å². The minimum Gasteiger partial charge on any atom is -0.364 e. The molecular weight excluding hydrogens is 298 g/mol. The first-order chi connectivity index (χ1) is 10.3. The van der Waals surface area contributed by atoms with Crippen molar-refractivity contribution in [1.29, 1.82) is 0 Å². The molecule has 0 aromatic heterocycles. The first kappa shape index (κ1) is 15.1. The SMILES string of the molecule is CC1CC(C)(C)c2cccc(N3CC=NC(Cl)=C3C(N)=O)c21. The number of amides is 1. The van der Waals surface area contributed by atoms with E-state index >= 15 is 0 Å². The molecule has 0 saturated heterocycles. The van der Waals surface area contributed by atoms with Crippen LogP contribution in [-0.2, 0) is 10.2 Å². The van der Waals surface area contributed by atoms with Crippen LogP contribution in [0.3, 0.4) is 0 Å². The number of carbonyl (C=O) groups excluding carboxylic acids is 1. The van der Waals surface area contributed by atoms with E-state index in [0.29, 0.717) is 12.5 Å². The van der Waals surface area contributed by atoms with Crippen LogP contribution >= 0.6 is 11.6 Å². The van der Waals surface area contributed by atoms with Crippen molar-refractivity contribution in [3.63, 3.8) is 0 Å². The topological polar surface area (TPSA) is 58.7 Å². The van der Waals surface area contributed by atoms with Crippen LogP contribution in [0.1, 0.15) is 44.2 Å². The van der Waals surface area contributed by atoms with Gasteiger partial charge in [0.1, 0.15) is 5.70 Å². The van der Waals surface area contributed by atoms with Crippen LogP contribution in [0.4, 0.5) is 5.69 Å². The molecule has 2 N–H and O–H groups in total. The number of carbonyl (C=O) groups is 1. The molecule has 0 radical (unpaired) electrons. The first-order valence-corrected chi connectivity index (χ1v) is 7.84. The number of anilines is 1. The van der Waals surface area contributed by atoms with E-state index in [4.69, 9.17) is 17.3 Å². The Balaban J connectivity index is 2.17. The summed E-state index contributed by atoms with van der Waals surface area (Å²) >= 11 is 6.10. The van der Waals surface area contributed by atoms with Crippen molar-refractivity contribution in [1.82, 2.24) is 0 Å². The van der Waals surface area contributed by atoms with E-state index < -0.39 is 5.91 Å². The number of nitrogens with zero attached hydrogens (tertiary/aromatic N) is 2. The summed E-state index contributed by atoms with van der Waals surface area (Å²) in [6.07, 6.45) is 2.80. The molecule has 4 nitrogen and oxygen atoms in total. The molecule has 0 fully saturated rings. The van der Waals surface area contributed by atoms with Gasteiger partial charge in [0, 0.05) is 11.9 Å². The molecule has 116 valence electrons. The van der Waals surface area contributed by atoms with E-state index in [9.17, 15) is 4.79 Å². The molecule has 1 unspecified atom stereocenters. The lowest BCUT2D eigenvalue weighted by Gasteiger charge is -2.30. The number of hydrogen-bond acceptors (Lipinski definition) is 3. The molecular formula is C17H20ClN3O. The van der Waals surface area contributed by atoms with Crippen molar-refractivity contribution in [2.24, 2.45) is 10.7 Å². The maximum Gasteiger partial charge on any atom is 0.268 e. The van der Waals surface area contributed by atoms with Crippen LogP contribution in [-0.4, -0.2) is 18.7 Å². The number of primary amides is 1. The molecule has 5 heteroatoms. The number of fused-ring (bicyclic) bond motifs is 1. The highest BCUT2D eigenvalue weighted by Gasteiger charge is 2.38. The zero-order valence-corrected chi connectivity index (χ0v) is 13.8. The number of rotatable bonds is 2. The molecule has 0 saturated carbocycles.